The number of cyclic esters (lactones) is 1. The molecule has 6 atom stereocenters. The number of thiazole rings is 1. The number of hydrogen-bond donors (Lipinski definition) is 2. The first kappa shape index (κ1) is 26.5. The molecule has 1 fully saturated rings. The summed E-state index contributed by atoms with van der Waals surface area (Å²) >= 11 is 1.49. The molecule has 1 aliphatic carbocycles. The van der Waals surface area contributed by atoms with E-state index >= 15 is 0 Å². The monoisotopic (exact) mass is 487 g/mol. The van der Waals surface area contributed by atoms with E-state index in [4.69, 9.17) is 4.74 Å². The molecule has 0 aromatic carbocycles. The second-order valence-corrected chi connectivity index (χ2v) is 11.0. The zero-order chi connectivity index (χ0) is 25.0. The molecule has 1 saturated carbocycles. The molecule has 3 rings (SSSR count). The van der Waals surface area contributed by atoms with Crippen LogP contribution in [0, 0.1) is 17.3 Å². The normalized spacial score (nSPS) is 35.6. The molecule has 6 nitrogen and oxygen atoms in total. The van der Waals surface area contributed by atoms with E-state index in [1.165, 1.54) is 16.9 Å². The van der Waals surface area contributed by atoms with Gasteiger partial charge in [-0.15, -0.1) is 11.3 Å². The fraction of sp³-hybridized carbons (Fsp3) is 0.593. The van der Waals surface area contributed by atoms with Gasteiger partial charge < -0.3 is 14.9 Å². The first-order chi connectivity index (χ1) is 16.0. The Hall–Kier alpha value is -2.09. The molecule has 1 aliphatic heterocycles. The van der Waals surface area contributed by atoms with Crippen LogP contribution in [-0.2, 0) is 14.3 Å². The SMILES string of the molecule is C=Cc1nc(/C=C(\C)[C@@H]2C/C=C(/C)CCC[C@@H]3C[C@@](C)(C(=O)[C@H](C)[C@H]3O)[C@@H](O)CC(=O)O2)cs1. The number of fused-ring (bicyclic) bond motifs is 2. The van der Waals surface area contributed by atoms with Crippen LogP contribution < -0.4 is 0 Å². The topological polar surface area (TPSA) is 96.7 Å². The maximum absolute atomic E-state index is 13.1. The summed E-state index contributed by atoms with van der Waals surface area (Å²) < 4.78 is 5.83. The molecule has 0 amide bonds. The lowest BCUT2D eigenvalue weighted by atomic mass is 9.60. The molecule has 0 spiro atoms. The van der Waals surface area contributed by atoms with Gasteiger partial charge >= 0.3 is 5.97 Å². The molecule has 2 N–H and O–H groups in total. The number of ketones is 1. The Kier molecular flexibility index (Phi) is 8.66. The molecule has 0 unspecified atom stereocenters. The zero-order valence-electron chi connectivity index (χ0n) is 20.6. The van der Waals surface area contributed by atoms with Crippen molar-refractivity contribution in [1.82, 2.24) is 4.98 Å². The smallest absolute Gasteiger partial charge is 0.309 e. The van der Waals surface area contributed by atoms with E-state index in [0.717, 1.165) is 35.5 Å². The molecule has 0 radical (unpaired) electrons. The Balaban J connectivity index is 1.87. The van der Waals surface area contributed by atoms with E-state index in [0.29, 0.717) is 12.8 Å². The van der Waals surface area contributed by atoms with Crippen LogP contribution in [0.5, 0.6) is 0 Å². The zero-order valence-corrected chi connectivity index (χ0v) is 21.4. The van der Waals surface area contributed by atoms with E-state index in [9.17, 15) is 19.8 Å². The van der Waals surface area contributed by atoms with Gasteiger partial charge in [-0.2, -0.15) is 0 Å². The van der Waals surface area contributed by atoms with Crippen molar-refractivity contribution in [2.75, 3.05) is 0 Å². The largest absolute Gasteiger partial charge is 0.457 e. The van der Waals surface area contributed by atoms with Gasteiger partial charge in [0.25, 0.3) is 0 Å². The number of aliphatic hydroxyl groups excluding tert-OH is 2. The van der Waals surface area contributed by atoms with Crippen LogP contribution >= 0.6 is 11.3 Å². The molecule has 2 bridgehead atoms. The minimum absolute atomic E-state index is 0.0874. The number of hydrogen-bond acceptors (Lipinski definition) is 7. The van der Waals surface area contributed by atoms with E-state index in [1.807, 2.05) is 18.4 Å². The first-order valence-electron chi connectivity index (χ1n) is 12.1. The number of esters is 1. The highest BCUT2D eigenvalue weighted by Crippen LogP contribution is 2.44. The second-order valence-electron chi connectivity index (χ2n) is 10.1. The predicted molar refractivity (Wildman–Crippen MR) is 135 cm³/mol. The van der Waals surface area contributed by atoms with Gasteiger partial charge in [-0.05, 0) is 63.2 Å². The van der Waals surface area contributed by atoms with Crippen molar-refractivity contribution in [2.24, 2.45) is 17.3 Å². The third kappa shape index (κ3) is 5.93. The van der Waals surface area contributed by atoms with Crippen molar-refractivity contribution in [3.8, 4) is 0 Å². The van der Waals surface area contributed by atoms with Crippen molar-refractivity contribution >= 4 is 35.2 Å². The summed E-state index contributed by atoms with van der Waals surface area (Å²) in [6.07, 6.45) is 6.48. The Bertz CT molecular complexity index is 979. The van der Waals surface area contributed by atoms with Gasteiger partial charge in [-0.1, -0.05) is 32.1 Å². The van der Waals surface area contributed by atoms with Gasteiger partial charge in [0.15, 0.2) is 0 Å². The van der Waals surface area contributed by atoms with Crippen LogP contribution in [0.3, 0.4) is 0 Å². The summed E-state index contributed by atoms with van der Waals surface area (Å²) in [7, 11) is 0. The van der Waals surface area contributed by atoms with Gasteiger partial charge in [0.1, 0.15) is 16.9 Å². The third-order valence-electron chi connectivity index (χ3n) is 7.45. The number of Topliss-reactive ketones (excluding diaryl/α,β-unsaturated/α-hetero) is 1. The molecular weight excluding hydrogens is 450 g/mol. The van der Waals surface area contributed by atoms with Crippen LogP contribution in [0.25, 0.3) is 12.2 Å². The highest BCUT2D eigenvalue weighted by Gasteiger charge is 2.51. The third-order valence-corrected chi connectivity index (χ3v) is 8.31. The maximum atomic E-state index is 13.1. The van der Waals surface area contributed by atoms with Crippen LogP contribution in [0.1, 0.15) is 76.9 Å². The van der Waals surface area contributed by atoms with Crippen LogP contribution in [0.4, 0.5) is 0 Å². The Morgan fingerprint density at radius 2 is 2.09 bits per heavy atom. The average molecular weight is 488 g/mol. The number of allylic oxidation sites excluding steroid dienone is 1. The Labute approximate surface area is 206 Å². The molecule has 2 aliphatic rings. The lowest BCUT2D eigenvalue weighted by Crippen LogP contribution is -2.54. The van der Waals surface area contributed by atoms with Gasteiger partial charge in [0, 0.05) is 17.7 Å². The predicted octanol–water partition coefficient (Wildman–Crippen LogP) is 4.96. The quantitative estimate of drug-likeness (QED) is 0.462. The van der Waals surface area contributed by atoms with Crippen molar-refractivity contribution in [1.29, 1.82) is 0 Å². The highest BCUT2D eigenvalue weighted by atomic mass is 32.1. The van der Waals surface area contributed by atoms with Gasteiger partial charge in [0.2, 0.25) is 0 Å². The minimum atomic E-state index is -1.16. The number of carbonyl (C=O) groups excluding carboxylic acids is 2. The Morgan fingerprint density at radius 3 is 2.76 bits per heavy atom. The number of aromatic nitrogens is 1. The van der Waals surface area contributed by atoms with Crippen LogP contribution in [-0.4, -0.2) is 45.3 Å². The van der Waals surface area contributed by atoms with Crippen molar-refractivity contribution in [3.63, 3.8) is 0 Å². The van der Waals surface area contributed by atoms with Crippen molar-refractivity contribution in [3.05, 3.63) is 39.9 Å². The summed E-state index contributed by atoms with van der Waals surface area (Å²) in [5, 5.41) is 24.5. The lowest BCUT2D eigenvalue weighted by Gasteiger charge is -2.45. The fourth-order valence-electron chi connectivity index (χ4n) is 5.18. The van der Waals surface area contributed by atoms with E-state index in [-0.39, 0.29) is 18.1 Å². The van der Waals surface area contributed by atoms with Crippen LogP contribution in [0.2, 0.25) is 0 Å². The number of aliphatic hydroxyl groups is 2. The molecule has 1 aromatic rings. The standard InChI is InChI=1S/C27H37NO5S/c1-6-23-28-20(15-34-23)12-17(3)21-11-10-16(2)8-7-9-19-14-27(5,22(29)13-24(30)33-21)26(32)18(4)25(19)31/h6,10,12,15,18-19,21-22,25,29,31H,1,7-9,11,13-14H2,2-5H3/b16-10-,17-12+/t18-,19-,21+,22+,25-,27-/m1/s1. The lowest BCUT2D eigenvalue weighted by molar-refractivity contribution is -0.161. The average Bonchev–Trinajstić information content (AvgIpc) is 3.25. The highest BCUT2D eigenvalue weighted by molar-refractivity contribution is 7.10. The van der Waals surface area contributed by atoms with E-state index < -0.39 is 35.6 Å². The number of ether oxygens (including phenoxy) is 1. The molecule has 34 heavy (non-hydrogen) atoms. The summed E-state index contributed by atoms with van der Waals surface area (Å²) in [6.45, 7) is 11.2. The maximum Gasteiger partial charge on any atom is 0.309 e. The summed E-state index contributed by atoms with van der Waals surface area (Å²) in [6, 6.07) is 0. The van der Waals surface area contributed by atoms with Gasteiger partial charge in [-0.3, -0.25) is 9.59 Å². The fourth-order valence-corrected chi connectivity index (χ4v) is 5.80. The van der Waals surface area contributed by atoms with Crippen molar-refractivity contribution in [2.45, 2.75) is 84.5 Å². The number of rotatable bonds is 3. The Morgan fingerprint density at radius 1 is 1.35 bits per heavy atom. The minimum Gasteiger partial charge on any atom is -0.457 e. The molecule has 2 heterocycles. The molecule has 186 valence electrons. The van der Waals surface area contributed by atoms with Gasteiger partial charge in [0.05, 0.1) is 29.7 Å². The molecule has 0 saturated heterocycles. The molecule has 1 aromatic heterocycles. The van der Waals surface area contributed by atoms with Crippen LogP contribution in [0.15, 0.2) is 29.2 Å². The number of nitrogens with zero attached hydrogens (tertiary/aromatic N) is 1. The van der Waals surface area contributed by atoms with Crippen molar-refractivity contribution < 1.29 is 24.5 Å². The molecular formula is C27H37NO5S. The second kappa shape index (κ2) is 11.1. The number of carbonyl (C=O) groups is 2. The summed E-state index contributed by atoms with van der Waals surface area (Å²) in [4.78, 5) is 30.4. The first-order valence-corrected chi connectivity index (χ1v) is 12.9. The van der Waals surface area contributed by atoms with Gasteiger partial charge in [-0.25, -0.2) is 4.98 Å². The molecule has 7 heteroatoms. The van der Waals surface area contributed by atoms with E-state index in [1.54, 1.807) is 19.9 Å². The summed E-state index contributed by atoms with van der Waals surface area (Å²) in [5.41, 5.74) is 1.76. The summed E-state index contributed by atoms with van der Waals surface area (Å²) in [5.74, 6) is -1.39. The van der Waals surface area contributed by atoms with E-state index in [2.05, 4.69) is 24.6 Å².